The normalized spacial score (nSPS) is 9.73. The zero-order chi connectivity index (χ0) is 11.4. The highest BCUT2D eigenvalue weighted by molar-refractivity contribution is 7.15. The Bertz CT molecular complexity index is 387. The van der Waals surface area contributed by atoms with Crippen LogP contribution in [0.3, 0.4) is 0 Å². The van der Waals surface area contributed by atoms with Crippen molar-refractivity contribution in [1.82, 2.24) is 0 Å². The monoisotopic (exact) mass is 228 g/mol. The van der Waals surface area contributed by atoms with Crippen LogP contribution < -0.4 is 11.1 Å². The largest absolute Gasteiger partial charge is 0.462 e. The number of ether oxygens (including phenoxy) is 1. The molecule has 0 bridgehead atoms. The number of thiophene rings is 1. The topological polar surface area (TPSA) is 81.4 Å². The zero-order valence-electron chi connectivity index (χ0n) is 8.49. The third-order valence-corrected chi connectivity index (χ3v) is 2.50. The van der Waals surface area contributed by atoms with Crippen LogP contribution in [0.4, 0.5) is 10.7 Å². The number of anilines is 2. The first kappa shape index (κ1) is 11.5. The Morgan fingerprint density at radius 3 is 2.80 bits per heavy atom. The molecule has 1 rings (SSSR count). The predicted octanol–water partition coefficient (Wildman–Crippen LogP) is 1.47. The summed E-state index contributed by atoms with van der Waals surface area (Å²) in [5.74, 6) is -0.762. The number of nitrogen functional groups attached to an aromatic ring is 1. The molecule has 1 amide bonds. The lowest BCUT2D eigenvalue weighted by molar-refractivity contribution is -0.114. The quantitative estimate of drug-likeness (QED) is 0.767. The minimum absolute atomic E-state index is 0.233. The summed E-state index contributed by atoms with van der Waals surface area (Å²) in [5.41, 5.74) is 6.16. The molecule has 0 unspecified atom stereocenters. The maximum Gasteiger partial charge on any atom is 0.343 e. The van der Waals surface area contributed by atoms with Crippen LogP contribution in [0.15, 0.2) is 5.38 Å². The second kappa shape index (κ2) is 4.79. The molecule has 0 radical (unpaired) electrons. The number of carbonyl (C=O) groups excluding carboxylic acids is 2. The van der Waals surface area contributed by atoms with E-state index >= 15 is 0 Å². The van der Waals surface area contributed by atoms with Crippen LogP contribution in [0.1, 0.15) is 24.2 Å². The molecule has 1 heterocycles. The molecule has 0 atom stereocenters. The van der Waals surface area contributed by atoms with Crippen molar-refractivity contribution in [2.45, 2.75) is 13.8 Å². The Hall–Kier alpha value is -1.56. The van der Waals surface area contributed by atoms with E-state index in [0.717, 1.165) is 0 Å². The van der Waals surface area contributed by atoms with Gasteiger partial charge in [-0.1, -0.05) is 0 Å². The number of hydrogen-bond acceptors (Lipinski definition) is 5. The fourth-order valence-corrected chi connectivity index (χ4v) is 1.92. The van der Waals surface area contributed by atoms with E-state index in [4.69, 9.17) is 10.5 Å². The first-order valence-corrected chi connectivity index (χ1v) is 5.25. The summed E-state index contributed by atoms with van der Waals surface area (Å²) in [5, 5.41) is 4.56. The van der Waals surface area contributed by atoms with E-state index < -0.39 is 5.97 Å². The average Bonchev–Trinajstić information content (AvgIpc) is 2.46. The fraction of sp³-hybridized carbons (Fsp3) is 0.333. The number of carbonyl (C=O) groups is 2. The van der Waals surface area contributed by atoms with Crippen molar-refractivity contribution < 1.29 is 14.3 Å². The Morgan fingerprint density at radius 2 is 2.27 bits per heavy atom. The lowest BCUT2D eigenvalue weighted by atomic mass is 10.3. The molecule has 6 heteroatoms. The highest BCUT2D eigenvalue weighted by atomic mass is 32.1. The molecule has 0 spiro atoms. The van der Waals surface area contributed by atoms with Crippen LogP contribution in [0.5, 0.6) is 0 Å². The molecule has 3 N–H and O–H groups in total. The van der Waals surface area contributed by atoms with Crippen LogP contribution in [0.2, 0.25) is 0 Å². The Balaban J connectivity index is 2.98. The molecule has 0 fully saturated rings. The molecule has 82 valence electrons. The number of amides is 1. The highest BCUT2D eigenvalue weighted by Gasteiger charge is 2.19. The summed E-state index contributed by atoms with van der Waals surface area (Å²) in [6.45, 7) is 3.34. The molecule has 0 aromatic carbocycles. The molecule has 15 heavy (non-hydrogen) atoms. The van der Waals surface area contributed by atoms with Gasteiger partial charge in [0, 0.05) is 12.3 Å². The SMILES string of the molecule is CCOC(=O)c1c(N)csc1NC(C)=O. The zero-order valence-corrected chi connectivity index (χ0v) is 9.31. The van der Waals surface area contributed by atoms with Gasteiger partial charge in [0.2, 0.25) is 5.91 Å². The van der Waals surface area contributed by atoms with E-state index in [1.165, 1.54) is 18.3 Å². The molecule has 0 aliphatic carbocycles. The van der Waals surface area contributed by atoms with Gasteiger partial charge in [0.1, 0.15) is 10.6 Å². The van der Waals surface area contributed by atoms with E-state index in [1.54, 1.807) is 12.3 Å². The first-order valence-electron chi connectivity index (χ1n) is 4.38. The molecular formula is C9H12N2O3S. The molecule has 5 nitrogen and oxygen atoms in total. The van der Waals surface area contributed by atoms with Crippen molar-refractivity contribution in [3.63, 3.8) is 0 Å². The van der Waals surface area contributed by atoms with Gasteiger partial charge in [-0.15, -0.1) is 11.3 Å². The third-order valence-electron chi connectivity index (χ3n) is 1.59. The maximum atomic E-state index is 11.5. The van der Waals surface area contributed by atoms with E-state index in [2.05, 4.69) is 5.32 Å². The Morgan fingerprint density at radius 1 is 1.60 bits per heavy atom. The molecule has 0 saturated carbocycles. The van der Waals surface area contributed by atoms with Gasteiger partial charge < -0.3 is 15.8 Å². The Kier molecular flexibility index (Phi) is 3.68. The Labute approximate surface area is 91.2 Å². The van der Waals surface area contributed by atoms with Crippen LogP contribution >= 0.6 is 11.3 Å². The predicted molar refractivity (Wildman–Crippen MR) is 59.0 cm³/mol. The number of nitrogens with two attached hydrogens (primary N) is 1. The lowest BCUT2D eigenvalue weighted by Gasteiger charge is -2.04. The molecule has 0 saturated heterocycles. The summed E-state index contributed by atoms with van der Waals surface area (Å²) in [6.07, 6.45) is 0. The molecule has 1 aromatic rings. The van der Waals surface area contributed by atoms with Crippen molar-refractivity contribution >= 4 is 33.9 Å². The smallest absolute Gasteiger partial charge is 0.343 e. The van der Waals surface area contributed by atoms with Gasteiger partial charge in [0.25, 0.3) is 0 Å². The summed E-state index contributed by atoms with van der Waals surface area (Å²) in [7, 11) is 0. The lowest BCUT2D eigenvalue weighted by Crippen LogP contribution is -2.12. The van der Waals surface area contributed by atoms with Crippen molar-refractivity contribution in [3.8, 4) is 0 Å². The number of nitrogens with one attached hydrogen (secondary N) is 1. The van der Waals surface area contributed by atoms with Crippen LogP contribution in [0, 0.1) is 0 Å². The maximum absolute atomic E-state index is 11.5. The fourth-order valence-electron chi connectivity index (χ4n) is 1.04. The highest BCUT2D eigenvalue weighted by Crippen LogP contribution is 2.30. The molecule has 0 aliphatic heterocycles. The van der Waals surface area contributed by atoms with Gasteiger partial charge >= 0.3 is 5.97 Å². The van der Waals surface area contributed by atoms with Gasteiger partial charge in [0.05, 0.1) is 12.3 Å². The van der Waals surface area contributed by atoms with E-state index in [9.17, 15) is 9.59 Å². The summed E-state index contributed by atoms with van der Waals surface area (Å²) in [6, 6.07) is 0. The minimum Gasteiger partial charge on any atom is -0.462 e. The van der Waals surface area contributed by atoms with Gasteiger partial charge in [-0.3, -0.25) is 4.79 Å². The molecule has 1 aromatic heterocycles. The van der Waals surface area contributed by atoms with Gasteiger partial charge in [0.15, 0.2) is 0 Å². The summed E-state index contributed by atoms with van der Waals surface area (Å²) < 4.78 is 4.83. The van der Waals surface area contributed by atoms with Crippen molar-refractivity contribution in [2.75, 3.05) is 17.7 Å². The van der Waals surface area contributed by atoms with Crippen molar-refractivity contribution in [3.05, 3.63) is 10.9 Å². The second-order valence-corrected chi connectivity index (χ2v) is 3.68. The van der Waals surface area contributed by atoms with E-state index in [1.807, 2.05) is 0 Å². The van der Waals surface area contributed by atoms with E-state index in [-0.39, 0.29) is 18.1 Å². The average molecular weight is 228 g/mol. The number of rotatable bonds is 3. The van der Waals surface area contributed by atoms with Gasteiger partial charge in [-0.25, -0.2) is 4.79 Å². The second-order valence-electron chi connectivity index (χ2n) is 2.80. The minimum atomic E-state index is -0.514. The number of hydrogen-bond donors (Lipinski definition) is 2. The van der Waals surface area contributed by atoms with Gasteiger partial charge in [-0.2, -0.15) is 0 Å². The van der Waals surface area contributed by atoms with Gasteiger partial charge in [-0.05, 0) is 6.92 Å². The van der Waals surface area contributed by atoms with Crippen LogP contribution in [0.25, 0.3) is 0 Å². The summed E-state index contributed by atoms with van der Waals surface area (Å²) in [4.78, 5) is 22.3. The van der Waals surface area contributed by atoms with E-state index in [0.29, 0.717) is 10.7 Å². The van der Waals surface area contributed by atoms with Crippen LogP contribution in [-0.2, 0) is 9.53 Å². The molecular weight excluding hydrogens is 216 g/mol. The van der Waals surface area contributed by atoms with Crippen LogP contribution in [-0.4, -0.2) is 18.5 Å². The first-order chi connectivity index (χ1) is 7.06. The standard InChI is InChI=1S/C9H12N2O3S/c1-3-14-9(13)7-6(10)4-15-8(7)11-5(2)12/h4H,3,10H2,1-2H3,(H,11,12). The summed E-state index contributed by atoms with van der Waals surface area (Å²) >= 11 is 1.20. The third kappa shape index (κ3) is 2.69. The van der Waals surface area contributed by atoms with Crippen molar-refractivity contribution in [1.29, 1.82) is 0 Å². The molecule has 0 aliphatic rings. The van der Waals surface area contributed by atoms with Crippen molar-refractivity contribution in [2.24, 2.45) is 0 Å². The number of esters is 1.